The lowest BCUT2D eigenvalue weighted by Gasteiger charge is -2.41. The van der Waals surface area contributed by atoms with Gasteiger partial charge in [0.25, 0.3) is 0 Å². The molecule has 1 fully saturated rings. The van der Waals surface area contributed by atoms with Crippen molar-refractivity contribution < 1.29 is 19.2 Å². The molecule has 11 nitrogen and oxygen atoms in total. The van der Waals surface area contributed by atoms with Crippen LogP contribution in [0.5, 0.6) is 0 Å². The number of aromatic nitrogens is 2. The molecular weight excluding hydrogens is 475 g/mol. The first-order valence-corrected chi connectivity index (χ1v) is 12.5. The molecule has 0 aliphatic carbocycles. The molecule has 2 rings (SSSR count). The Morgan fingerprint density at radius 2 is 1.95 bits per heavy atom. The van der Waals surface area contributed by atoms with Crippen molar-refractivity contribution in [1.29, 1.82) is 0 Å². The third-order valence-electron chi connectivity index (χ3n) is 6.25. The van der Waals surface area contributed by atoms with Crippen molar-refractivity contribution in [2.75, 3.05) is 26.2 Å². The summed E-state index contributed by atoms with van der Waals surface area (Å²) in [7, 11) is 5.17. The van der Waals surface area contributed by atoms with Crippen molar-refractivity contribution >= 4 is 31.3 Å². The summed E-state index contributed by atoms with van der Waals surface area (Å²) >= 11 is 0. The summed E-state index contributed by atoms with van der Waals surface area (Å²) in [6.45, 7) is 7.37. The van der Waals surface area contributed by atoms with Gasteiger partial charge >= 0.3 is 5.69 Å². The molecule has 4 N–H and O–H groups in total. The van der Waals surface area contributed by atoms with Crippen molar-refractivity contribution in [3.8, 4) is 11.8 Å². The molecule has 1 atom stereocenters. The number of carbonyl (C=O) groups excluding carboxylic acids is 4. The fourth-order valence-corrected chi connectivity index (χ4v) is 4.00. The first-order valence-electron chi connectivity index (χ1n) is 12.5. The summed E-state index contributed by atoms with van der Waals surface area (Å²) in [5, 5.41) is 8.20. The Hall–Kier alpha value is -3.46. The number of unbranched alkanes of at least 4 members (excludes halogenated alkanes) is 1. The van der Waals surface area contributed by atoms with Crippen molar-refractivity contribution in [3.05, 3.63) is 28.4 Å². The van der Waals surface area contributed by atoms with E-state index in [2.05, 4.69) is 42.7 Å². The summed E-state index contributed by atoms with van der Waals surface area (Å²) < 4.78 is 0. The predicted molar refractivity (Wildman–Crippen MR) is 138 cm³/mol. The van der Waals surface area contributed by atoms with Gasteiger partial charge in [0.05, 0.1) is 17.8 Å². The monoisotopic (exact) mass is 510 g/mol. The molecule has 0 spiro atoms. The van der Waals surface area contributed by atoms with Crippen LogP contribution in [-0.2, 0) is 19.2 Å². The lowest BCUT2D eigenvalue weighted by molar-refractivity contribution is -0.138. The van der Waals surface area contributed by atoms with Gasteiger partial charge in [0.15, 0.2) is 7.85 Å². The maximum atomic E-state index is 13.3. The van der Waals surface area contributed by atoms with E-state index in [1.54, 1.807) is 0 Å². The van der Waals surface area contributed by atoms with E-state index in [9.17, 15) is 24.0 Å². The van der Waals surface area contributed by atoms with Crippen LogP contribution in [0.1, 0.15) is 58.4 Å². The molecule has 2 heterocycles. The van der Waals surface area contributed by atoms with Crippen molar-refractivity contribution in [2.45, 2.75) is 64.5 Å². The molecule has 0 unspecified atom stereocenters. The lowest BCUT2D eigenvalue weighted by atomic mass is 9.85. The number of hydrogen-bond donors (Lipinski definition) is 4. The quantitative estimate of drug-likeness (QED) is 0.173. The summed E-state index contributed by atoms with van der Waals surface area (Å²) in [4.78, 5) is 69.2. The van der Waals surface area contributed by atoms with Gasteiger partial charge < -0.3 is 30.6 Å². The molecule has 1 aromatic heterocycles. The molecule has 2 radical (unpaired) electrons. The van der Waals surface area contributed by atoms with Gasteiger partial charge in [-0.1, -0.05) is 32.6 Å². The van der Waals surface area contributed by atoms with Gasteiger partial charge in [0.1, 0.15) is 11.6 Å². The van der Waals surface area contributed by atoms with E-state index in [0.717, 1.165) is 6.54 Å². The number of H-pyrrole nitrogens is 1. The zero-order valence-electron chi connectivity index (χ0n) is 21.7. The topological polar surface area (TPSA) is 153 Å². The van der Waals surface area contributed by atoms with Crippen LogP contribution in [0, 0.1) is 17.8 Å². The van der Waals surface area contributed by atoms with Gasteiger partial charge in [0, 0.05) is 38.3 Å². The average Bonchev–Trinajstić information content (AvgIpc) is 2.86. The van der Waals surface area contributed by atoms with E-state index in [4.69, 9.17) is 7.85 Å². The minimum atomic E-state index is -1.19. The van der Waals surface area contributed by atoms with Gasteiger partial charge in [0.2, 0.25) is 17.7 Å². The van der Waals surface area contributed by atoms with Gasteiger partial charge in [-0.3, -0.25) is 14.4 Å². The third-order valence-corrected chi connectivity index (χ3v) is 6.25. The zero-order valence-corrected chi connectivity index (χ0v) is 21.7. The van der Waals surface area contributed by atoms with Crippen LogP contribution in [0.2, 0.25) is 0 Å². The number of rotatable bonds is 11. The Bertz CT molecular complexity index is 1060. The summed E-state index contributed by atoms with van der Waals surface area (Å²) in [5.74, 6) is 4.35. The molecular formula is C25H35BN6O5. The Balaban J connectivity index is 1.97. The van der Waals surface area contributed by atoms with Crippen LogP contribution in [-0.4, -0.2) is 83.9 Å². The number of nitrogens with one attached hydrogen (secondary N) is 4. The molecule has 198 valence electrons. The number of aromatic amines is 1. The highest BCUT2D eigenvalue weighted by atomic mass is 16.2. The van der Waals surface area contributed by atoms with Crippen molar-refractivity contribution in [2.24, 2.45) is 5.92 Å². The van der Waals surface area contributed by atoms with E-state index in [-0.39, 0.29) is 24.8 Å². The minimum Gasteiger partial charge on any atom is -0.348 e. The molecule has 0 saturated carbocycles. The van der Waals surface area contributed by atoms with Crippen LogP contribution in [0.15, 0.2) is 17.2 Å². The van der Waals surface area contributed by atoms with Crippen LogP contribution in [0.4, 0.5) is 0 Å². The number of amides is 3. The molecule has 1 aliphatic rings. The largest absolute Gasteiger partial charge is 0.348 e. The van der Waals surface area contributed by atoms with Crippen molar-refractivity contribution in [1.82, 2.24) is 30.8 Å². The summed E-state index contributed by atoms with van der Waals surface area (Å²) in [6.07, 6.45) is 4.69. The molecule has 0 aromatic carbocycles. The van der Waals surface area contributed by atoms with Crippen LogP contribution in [0.3, 0.4) is 0 Å². The van der Waals surface area contributed by atoms with Gasteiger partial charge in [-0.15, -0.1) is 0 Å². The Kier molecular flexibility index (Phi) is 11.5. The predicted octanol–water partition coefficient (Wildman–Crippen LogP) is -0.785. The van der Waals surface area contributed by atoms with Gasteiger partial charge in [-0.05, 0) is 31.7 Å². The second kappa shape index (κ2) is 14.3. The normalized spacial score (nSPS) is 15.7. The van der Waals surface area contributed by atoms with E-state index < -0.39 is 34.8 Å². The number of likely N-dealkylation sites (tertiary alicyclic amines) is 1. The van der Waals surface area contributed by atoms with Crippen LogP contribution in [0.25, 0.3) is 0 Å². The van der Waals surface area contributed by atoms with Crippen molar-refractivity contribution in [3.63, 3.8) is 0 Å². The Morgan fingerprint density at radius 3 is 2.51 bits per heavy atom. The van der Waals surface area contributed by atoms with E-state index in [0.29, 0.717) is 44.3 Å². The SMILES string of the molecule is [B]C(=O)CNC(=O)C1(NC(=O)[C@@H](NC(=O)CCCC#Cc2cnc(=O)[nH]c2)C(C)C)CCN(CC)CC1. The highest BCUT2D eigenvalue weighted by molar-refractivity contribution is 6.58. The highest BCUT2D eigenvalue weighted by Crippen LogP contribution is 2.23. The Morgan fingerprint density at radius 1 is 1.24 bits per heavy atom. The number of carbonyl (C=O) groups is 4. The molecule has 1 saturated heterocycles. The zero-order chi connectivity index (χ0) is 27.4. The number of nitrogens with zero attached hydrogens (tertiary/aromatic N) is 2. The first-order chi connectivity index (χ1) is 17.6. The fourth-order valence-electron chi connectivity index (χ4n) is 4.00. The van der Waals surface area contributed by atoms with Gasteiger partial charge in [-0.25, -0.2) is 9.78 Å². The standard InChI is InChI=1S/C25H35BN6O5/c1-4-32-12-10-25(11-13-32,23(36)27-16-19(26)33)31-22(35)21(17(2)3)30-20(34)9-7-5-6-8-18-14-28-24(37)29-15-18/h14-15,17,21H,4-5,7,9-13,16H2,1-3H3,(H,27,36)(H,30,34)(H,31,35)(H,28,29,37)/t21-/m0/s1. The van der Waals surface area contributed by atoms with Gasteiger partial charge in [-0.2, -0.15) is 0 Å². The highest BCUT2D eigenvalue weighted by Gasteiger charge is 2.43. The third kappa shape index (κ3) is 9.50. The van der Waals surface area contributed by atoms with E-state index in [1.807, 2.05) is 20.8 Å². The fraction of sp³-hybridized carbons (Fsp3) is 0.600. The molecule has 1 aliphatic heterocycles. The number of piperidine rings is 1. The molecule has 12 heteroatoms. The first kappa shape index (κ1) is 29.8. The maximum absolute atomic E-state index is 13.3. The lowest BCUT2D eigenvalue weighted by Crippen LogP contribution is -2.66. The second-order valence-electron chi connectivity index (χ2n) is 9.41. The molecule has 3 amide bonds. The molecule has 37 heavy (non-hydrogen) atoms. The minimum absolute atomic E-state index is 0.171. The van der Waals surface area contributed by atoms with E-state index in [1.165, 1.54) is 12.4 Å². The molecule has 0 bridgehead atoms. The number of hydrogen-bond acceptors (Lipinski definition) is 7. The second-order valence-corrected chi connectivity index (χ2v) is 9.41. The summed E-state index contributed by atoms with van der Waals surface area (Å²) in [5.41, 5.74) is -1.75. The summed E-state index contributed by atoms with van der Waals surface area (Å²) in [6, 6.07) is -0.837. The van der Waals surface area contributed by atoms with Crippen LogP contribution >= 0.6 is 0 Å². The maximum Gasteiger partial charge on any atom is 0.344 e. The van der Waals surface area contributed by atoms with Crippen LogP contribution < -0.4 is 21.6 Å². The average molecular weight is 510 g/mol. The van der Waals surface area contributed by atoms with E-state index >= 15 is 0 Å². The Labute approximate surface area is 218 Å². The molecule has 1 aromatic rings. The smallest absolute Gasteiger partial charge is 0.344 e.